The number of hydrogen-bond acceptors (Lipinski definition) is 5. The van der Waals surface area contributed by atoms with Crippen LogP contribution in [0.4, 0.5) is 5.82 Å². The zero-order valence-corrected chi connectivity index (χ0v) is 11.3. The standard InChI is InChI=1S/C13H21N5O/c1-2-15-13(19)11-3-4-12(17-16-11)18-8-6-10(9-18)5-7-14/h3-4,10H,2,5-9,14H2,1H3,(H,15,19). The molecule has 1 aliphatic heterocycles. The van der Waals surface area contributed by atoms with Crippen LogP contribution in [0.3, 0.4) is 0 Å². The Morgan fingerprint density at radius 1 is 1.53 bits per heavy atom. The van der Waals surface area contributed by atoms with E-state index in [9.17, 15) is 4.79 Å². The zero-order valence-electron chi connectivity index (χ0n) is 11.3. The highest BCUT2D eigenvalue weighted by Gasteiger charge is 2.23. The van der Waals surface area contributed by atoms with Crippen LogP contribution < -0.4 is 16.0 Å². The monoisotopic (exact) mass is 263 g/mol. The Balaban J connectivity index is 1.97. The van der Waals surface area contributed by atoms with E-state index in [1.54, 1.807) is 6.07 Å². The highest BCUT2D eigenvalue weighted by Crippen LogP contribution is 2.23. The first-order valence-electron chi connectivity index (χ1n) is 6.81. The second kappa shape index (κ2) is 6.47. The van der Waals surface area contributed by atoms with Gasteiger partial charge < -0.3 is 16.0 Å². The summed E-state index contributed by atoms with van der Waals surface area (Å²) in [5.74, 6) is 1.31. The van der Waals surface area contributed by atoms with Crippen molar-refractivity contribution in [2.75, 3.05) is 31.1 Å². The van der Waals surface area contributed by atoms with Crippen molar-refractivity contribution < 1.29 is 4.79 Å². The van der Waals surface area contributed by atoms with Crippen molar-refractivity contribution in [3.8, 4) is 0 Å². The van der Waals surface area contributed by atoms with Crippen LogP contribution in [0.2, 0.25) is 0 Å². The van der Waals surface area contributed by atoms with Crippen molar-refractivity contribution in [1.82, 2.24) is 15.5 Å². The van der Waals surface area contributed by atoms with E-state index in [0.717, 1.165) is 38.3 Å². The molecular weight excluding hydrogens is 242 g/mol. The lowest BCUT2D eigenvalue weighted by Gasteiger charge is -2.16. The molecule has 1 aromatic heterocycles. The van der Waals surface area contributed by atoms with E-state index in [1.165, 1.54) is 0 Å². The number of nitrogens with two attached hydrogens (primary N) is 1. The first-order chi connectivity index (χ1) is 9.24. The molecule has 0 bridgehead atoms. The third-order valence-corrected chi connectivity index (χ3v) is 3.41. The van der Waals surface area contributed by atoms with Crippen LogP contribution in [-0.2, 0) is 0 Å². The molecular formula is C13H21N5O. The number of anilines is 1. The number of carbonyl (C=O) groups is 1. The number of rotatable bonds is 5. The Bertz CT molecular complexity index is 420. The smallest absolute Gasteiger partial charge is 0.271 e. The molecule has 1 aliphatic rings. The molecule has 1 saturated heterocycles. The van der Waals surface area contributed by atoms with Gasteiger partial charge in [-0.2, -0.15) is 0 Å². The Kier molecular flexibility index (Phi) is 4.68. The van der Waals surface area contributed by atoms with Crippen molar-refractivity contribution in [3.63, 3.8) is 0 Å². The van der Waals surface area contributed by atoms with Gasteiger partial charge in [0.2, 0.25) is 0 Å². The molecule has 1 aromatic rings. The van der Waals surface area contributed by atoms with Gasteiger partial charge >= 0.3 is 0 Å². The van der Waals surface area contributed by atoms with Crippen LogP contribution in [0, 0.1) is 5.92 Å². The fourth-order valence-electron chi connectivity index (χ4n) is 2.38. The maximum Gasteiger partial charge on any atom is 0.271 e. The van der Waals surface area contributed by atoms with Crippen LogP contribution in [0.1, 0.15) is 30.3 Å². The molecule has 1 fully saturated rings. The second-order valence-corrected chi connectivity index (χ2v) is 4.81. The maximum atomic E-state index is 11.6. The Labute approximate surface area is 113 Å². The van der Waals surface area contributed by atoms with E-state index in [2.05, 4.69) is 20.4 Å². The minimum Gasteiger partial charge on any atom is -0.355 e. The highest BCUT2D eigenvalue weighted by atomic mass is 16.1. The molecule has 19 heavy (non-hydrogen) atoms. The molecule has 2 rings (SSSR count). The van der Waals surface area contributed by atoms with E-state index >= 15 is 0 Å². The molecule has 0 spiro atoms. The quantitative estimate of drug-likeness (QED) is 0.803. The van der Waals surface area contributed by atoms with Gasteiger partial charge in [-0.25, -0.2) is 0 Å². The first kappa shape index (κ1) is 13.7. The van der Waals surface area contributed by atoms with Crippen molar-refractivity contribution >= 4 is 11.7 Å². The van der Waals surface area contributed by atoms with E-state index < -0.39 is 0 Å². The van der Waals surface area contributed by atoms with Crippen LogP contribution >= 0.6 is 0 Å². The first-order valence-corrected chi connectivity index (χ1v) is 6.81. The topological polar surface area (TPSA) is 84.1 Å². The Morgan fingerprint density at radius 3 is 3.00 bits per heavy atom. The molecule has 2 heterocycles. The molecule has 1 atom stereocenters. The van der Waals surface area contributed by atoms with E-state index in [4.69, 9.17) is 5.73 Å². The summed E-state index contributed by atoms with van der Waals surface area (Å²) in [6.45, 7) is 5.17. The summed E-state index contributed by atoms with van der Waals surface area (Å²) in [6.07, 6.45) is 2.21. The normalized spacial score (nSPS) is 18.6. The molecule has 0 aromatic carbocycles. The molecule has 104 valence electrons. The number of hydrogen-bond donors (Lipinski definition) is 2. The van der Waals surface area contributed by atoms with Gasteiger partial charge in [-0.1, -0.05) is 0 Å². The van der Waals surface area contributed by atoms with Crippen molar-refractivity contribution in [2.24, 2.45) is 11.7 Å². The number of amides is 1. The summed E-state index contributed by atoms with van der Waals surface area (Å²) in [5.41, 5.74) is 5.95. The van der Waals surface area contributed by atoms with Gasteiger partial charge in [0, 0.05) is 19.6 Å². The minimum absolute atomic E-state index is 0.177. The summed E-state index contributed by atoms with van der Waals surface area (Å²) in [7, 11) is 0. The van der Waals surface area contributed by atoms with Crippen LogP contribution in [0.5, 0.6) is 0 Å². The van der Waals surface area contributed by atoms with Crippen molar-refractivity contribution in [3.05, 3.63) is 17.8 Å². The maximum absolute atomic E-state index is 11.6. The number of carbonyl (C=O) groups excluding carboxylic acids is 1. The number of nitrogens with one attached hydrogen (secondary N) is 1. The molecule has 1 unspecified atom stereocenters. The summed E-state index contributed by atoms with van der Waals surface area (Å²) in [5, 5.41) is 10.8. The van der Waals surface area contributed by atoms with E-state index in [1.807, 2.05) is 13.0 Å². The van der Waals surface area contributed by atoms with E-state index in [0.29, 0.717) is 18.2 Å². The molecule has 0 saturated carbocycles. The molecule has 0 radical (unpaired) electrons. The van der Waals surface area contributed by atoms with Gasteiger partial charge in [0.05, 0.1) is 0 Å². The van der Waals surface area contributed by atoms with Gasteiger partial charge in [-0.3, -0.25) is 4.79 Å². The number of nitrogens with zero attached hydrogens (tertiary/aromatic N) is 3. The Hall–Kier alpha value is -1.69. The number of aromatic nitrogens is 2. The Morgan fingerprint density at radius 2 is 2.37 bits per heavy atom. The lowest BCUT2D eigenvalue weighted by atomic mass is 10.1. The third kappa shape index (κ3) is 3.41. The average molecular weight is 263 g/mol. The molecule has 1 amide bonds. The fourth-order valence-corrected chi connectivity index (χ4v) is 2.38. The molecule has 6 nitrogen and oxygen atoms in total. The predicted octanol–water partition coefficient (Wildman–Crippen LogP) is 0.401. The van der Waals surface area contributed by atoms with Crippen molar-refractivity contribution in [1.29, 1.82) is 0 Å². The average Bonchev–Trinajstić information content (AvgIpc) is 2.88. The summed E-state index contributed by atoms with van der Waals surface area (Å²) in [4.78, 5) is 13.8. The van der Waals surface area contributed by atoms with Gasteiger partial charge in [-0.05, 0) is 44.4 Å². The highest BCUT2D eigenvalue weighted by molar-refractivity contribution is 5.92. The van der Waals surface area contributed by atoms with Gasteiger partial charge in [-0.15, -0.1) is 10.2 Å². The van der Waals surface area contributed by atoms with E-state index in [-0.39, 0.29) is 5.91 Å². The molecule has 6 heteroatoms. The van der Waals surface area contributed by atoms with Crippen molar-refractivity contribution in [2.45, 2.75) is 19.8 Å². The third-order valence-electron chi connectivity index (χ3n) is 3.41. The molecule has 0 aliphatic carbocycles. The summed E-state index contributed by atoms with van der Waals surface area (Å²) >= 11 is 0. The predicted molar refractivity (Wildman–Crippen MR) is 74.0 cm³/mol. The molecule has 3 N–H and O–H groups in total. The summed E-state index contributed by atoms with van der Waals surface area (Å²) < 4.78 is 0. The fraction of sp³-hybridized carbons (Fsp3) is 0.615. The lowest BCUT2D eigenvalue weighted by Crippen LogP contribution is -2.25. The second-order valence-electron chi connectivity index (χ2n) is 4.81. The SMILES string of the molecule is CCNC(=O)c1ccc(N2CCC(CCN)C2)nn1. The zero-order chi connectivity index (χ0) is 13.7. The van der Waals surface area contributed by atoms with Gasteiger partial charge in [0.25, 0.3) is 5.91 Å². The minimum atomic E-state index is -0.177. The van der Waals surface area contributed by atoms with Gasteiger partial charge in [0.1, 0.15) is 0 Å². The lowest BCUT2D eigenvalue weighted by molar-refractivity contribution is 0.0950. The van der Waals surface area contributed by atoms with Gasteiger partial charge in [0.15, 0.2) is 11.5 Å². The van der Waals surface area contributed by atoms with Crippen LogP contribution in [0.15, 0.2) is 12.1 Å². The largest absolute Gasteiger partial charge is 0.355 e. The van der Waals surface area contributed by atoms with Crippen LogP contribution in [-0.4, -0.2) is 42.3 Å². The summed E-state index contributed by atoms with van der Waals surface area (Å²) in [6, 6.07) is 3.59. The van der Waals surface area contributed by atoms with Crippen LogP contribution in [0.25, 0.3) is 0 Å².